The Labute approximate surface area is 84.8 Å². The molecule has 0 amide bonds. The van der Waals surface area contributed by atoms with Gasteiger partial charge < -0.3 is 5.73 Å². The molecule has 2 N–H and O–H groups in total. The molecule has 1 atom stereocenters. The Morgan fingerprint density at radius 2 is 1.73 bits per heavy atom. The van der Waals surface area contributed by atoms with Crippen molar-refractivity contribution in [3.8, 4) is 0 Å². The van der Waals surface area contributed by atoms with E-state index in [1.54, 1.807) is 6.92 Å². The van der Waals surface area contributed by atoms with Crippen LogP contribution in [-0.4, -0.2) is 9.85 Å². The van der Waals surface area contributed by atoms with Crippen molar-refractivity contribution in [1.82, 2.24) is 0 Å². The van der Waals surface area contributed by atoms with Gasteiger partial charge in [-0.2, -0.15) is 0 Å². The molecule has 0 aliphatic carbocycles. The molecule has 0 fully saturated rings. The highest BCUT2D eigenvalue weighted by molar-refractivity contribution is 5.54. The fourth-order valence-electron chi connectivity index (χ4n) is 1.12. The number of nitro benzene ring substituents is 2. The fraction of sp³-hybridized carbons (Fsp3) is 0.250. The maximum atomic E-state index is 10.6. The smallest absolute Gasteiger partial charge is 0.324 e. The van der Waals surface area contributed by atoms with Crippen molar-refractivity contribution in [3.63, 3.8) is 0 Å². The summed E-state index contributed by atoms with van der Waals surface area (Å²) < 4.78 is 0. The molecule has 0 heterocycles. The highest BCUT2D eigenvalue weighted by atomic mass is 16.6. The zero-order chi connectivity index (χ0) is 11.6. The van der Waals surface area contributed by atoms with Crippen LogP contribution in [0.25, 0.3) is 0 Å². The first kappa shape index (κ1) is 11.1. The molecule has 0 aliphatic rings. The van der Waals surface area contributed by atoms with E-state index in [9.17, 15) is 20.2 Å². The third-order valence-electron chi connectivity index (χ3n) is 1.92. The molecule has 80 valence electrons. The lowest BCUT2D eigenvalue weighted by Crippen LogP contribution is -2.06. The van der Waals surface area contributed by atoms with Gasteiger partial charge in [-0.25, -0.2) is 0 Å². The Morgan fingerprint density at radius 3 is 2.13 bits per heavy atom. The summed E-state index contributed by atoms with van der Waals surface area (Å²) in [4.78, 5) is 19.5. The SMILES string of the molecule is CC(N)c1ccc([N+](=O)[O-])c([N+](=O)[O-])c1. The molecule has 0 saturated heterocycles. The van der Waals surface area contributed by atoms with Crippen LogP contribution in [0.15, 0.2) is 18.2 Å². The molecular formula is C8H9N3O4. The first-order valence-corrected chi connectivity index (χ1v) is 4.11. The summed E-state index contributed by atoms with van der Waals surface area (Å²) >= 11 is 0. The quantitative estimate of drug-likeness (QED) is 0.601. The molecule has 0 spiro atoms. The molecule has 15 heavy (non-hydrogen) atoms. The van der Waals surface area contributed by atoms with Crippen molar-refractivity contribution in [2.45, 2.75) is 13.0 Å². The summed E-state index contributed by atoms with van der Waals surface area (Å²) in [7, 11) is 0. The molecule has 0 bridgehead atoms. The van der Waals surface area contributed by atoms with Gasteiger partial charge in [0.05, 0.1) is 9.85 Å². The summed E-state index contributed by atoms with van der Waals surface area (Å²) in [5, 5.41) is 21.0. The normalized spacial score (nSPS) is 12.1. The van der Waals surface area contributed by atoms with Gasteiger partial charge >= 0.3 is 11.4 Å². The van der Waals surface area contributed by atoms with Gasteiger partial charge in [-0.1, -0.05) is 6.07 Å². The van der Waals surface area contributed by atoms with Gasteiger partial charge in [0.25, 0.3) is 0 Å². The number of rotatable bonds is 3. The Balaban J connectivity index is 3.33. The largest absolute Gasteiger partial charge is 0.346 e. The minimum absolute atomic E-state index is 0.399. The van der Waals surface area contributed by atoms with Crippen LogP contribution >= 0.6 is 0 Å². The van der Waals surface area contributed by atoms with Crippen molar-refractivity contribution in [3.05, 3.63) is 44.0 Å². The second kappa shape index (κ2) is 4.01. The number of hydrogen-bond donors (Lipinski definition) is 1. The minimum Gasteiger partial charge on any atom is -0.324 e. The van der Waals surface area contributed by atoms with Crippen LogP contribution in [-0.2, 0) is 0 Å². The highest BCUT2D eigenvalue weighted by Gasteiger charge is 2.24. The molecule has 0 aliphatic heterocycles. The zero-order valence-electron chi connectivity index (χ0n) is 7.91. The second-order valence-electron chi connectivity index (χ2n) is 3.05. The van der Waals surface area contributed by atoms with Crippen LogP contribution in [0, 0.1) is 20.2 Å². The van der Waals surface area contributed by atoms with Crippen LogP contribution in [0.5, 0.6) is 0 Å². The standard InChI is InChI=1S/C8H9N3O4/c1-5(9)6-2-3-7(10(12)13)8(4-6)11(14)15/h2-5H,9H2,1H3. The average Bonchev–Trinajstić information content (AvgIpc) is 2.16. The van der Waals surface area contributed by atoms with E-state index >= 15 is 0 Å². The topological polar surface area (TPSA) is 112 Å². The summed E-state index contributed by atoms with van der Waals surface area (Å²) in [6.07, 6.45) is 0. The molecule has 7 nitrogen and oxygen atoms in total. The Bertz CT molecular complexity index is 416. The van der Waals surface area contributed by atoms with Crippen molar-refractivity contribution < 1.29 is 9.85 Å². The van der Waals surface area contributed by atoms with E-state index in [1.807, 2.05) is 0 Å². The molecule has 0 radical (unpaired) electrons. The molecule has 1 rings (SSSR count). The van der Waals surface area contributed by atoms with E-state index in [0.717, 1.165) is 12.1 Å². The number of nitrogens with zero attached hydrogens (tertiary/aromatic N) is 2. The summed E-state index contributed by atoms with van der Waals surface area (Å²) in [6, 6.07) is 3.24. The van der Waals surface area contributed by atoms with Gasteiger partial charge in [0, 0.05) is 18.2 Å². The number of nitrogens with two attached hydrogens (primary N) is 1. The lowest BCUT2D eigenvalue weighted by molar-refractivity contribution is -0.422. The summed E-state index contributed by atoms with van der Waals surface area (Å²) in [5.41, 5.74) is 4.95. The molecule has 0 aromatic heterocycles. The van der Waals surface area contributed by atoms with Gasteiger partial charge in [-0.15, -0.1) is 0 Å². The van der Waals surface area contributed by atoms with Crippen molar-refractivity contribution in [2.24, 2.45) is 5.73 Å². The third kappa shape index (κ3) is 2.26. The van der Waals surface area contributed by atoms with E-state index in [-0.39, 0.29) is 0 Å². The molecule has 1 aromatic carbocycles. The predicted molar refractivity (Wildman–Crippen MR) is 52.4 cm³/mol. The van der Waals surface area contributed by atoms with E-state index in [2.05, 4.69) is 0 Å². The Hall–Kier alpha value is -2.02. The Kier molecular flexibility index (Phi) is 2.96. The number of hydrogen-bond acceptors (Lipinski definition) is 5. The van der Waals surface area contributed by atoms with Crippen LogP contribution in [0.4, 0.5) is 11.4 Å². The first-order chi connectivity index (χ1) is 6.93. The van der Waals surface area contributed by atoms with Crippen LogP contribution < -0.4 is 5.73 Å². The van der Waals surface area contributed by atoms with Crippen molar-refractivity contribution >= 4 is 11.4 Å². The minimum atomic E-state index is -0.789. The van der Waals surface area contributed by atoms with Crippen LogP contribution in [0.1, 0.15) is 18.5 Å². The summed E-state index contributed by atoms with van der Waals surface area (Å²) in [6.45, 7) is 1.64. The molecular weight excluding hydrogens is 202 g/mol. The second-order valence-corrected chi connectivity index (χ2v) is 3.05. The van der Waals surface area contributed by atoms with Crippen molar-refractivity contribution in [1.29, 1.82) is 0 Å². The lowest BCUT2D eigenvalue weighted by atomic mass is 10.1. The maximum absolute atomic E-state index is 10.6. The lowest BCUT2D eigenvalue weighted by Gasteiger charge is -2.04. The molecule has 0 saturated carbocycles. The molecule has 1 unspecified atom stereocenters. The molecule has 7 heteroatoms. The van der Waals surface area contributed by atoms with Gasteiger partial charge in [0.2, 0.25) is 0 Å². The van der Waals surface area contributed by atoms with E-state index in [4.69, 9.17) is 5.73 Å². The first-order valence-electron chi connectivity index (χ1n) is 4.11. The maximum Gasteiger partial charge on any atom is 0.346 e. The fourth-order valence-corrected chi connectivity index (χ4v) is 1.12. The monoisotopic (exact) mass is 211 g/mol. The van der Waals surface area contributed by atoms with Gasteiger partial charge in [-0.3, -0.25) is 20.2 Å². The predicted octanol–water partition coefficient (Wildman–Crippen LogP) is 1.52. The van der Waals surface area contributed by atoms with Crippen LogP contribution in [0.3, 0.4) is 0 Å². The third-order valence-corrected chi connectivity index (χ3v) is 1.92. The van der Waals surface area contributed by atoms with Crippen LogP contribution in [0.2, 0.25) is 0 Å². The van der Waals surface area contributed by atoms with E-state index in [1.165, 1.54) is 6.07 Å². The number of benzene rings is 1. The molecule has 1 aromatic rings. The number of nitro groups is 2. The van der Waals surface area contributed by atoms with E-state index in [0.29, 0.717) is 5.56 Å². The van der Waals surface area contributed by atoms with Crippen molar-refractivity contribution in [2.75, 3.05) is 0 Å². The summed E-state index contributed by atoms with van der Waals surface area (Å²) in [5.74, 6) is 0. The van der Waals surface area contributed by atoms with Gasteiger partial charge in [0.15, 0.2) is 0 Å². The zero-order valence-corrected chi connectivity index (χ0v) is 7.91. The Morgan fingerprint density at radius 1 is 1.20 bits per heavy atom. The highest BCUT2D eigenvalue weighted by Crippen LogP contribution is 2.28. The van der Waals surface area contributed by atoms with Gasteiger partial charge in [-0.05, 0) is 12.5 Å². The average molecular weight is 211 g/mol. The van der Waals surface area contributed by atoms with Gasteiger partial charge in [0.1, 0.15) is 0 Å². The van der Waals surface area contributed by atoms with E-state index < -0.39 is 27.3 Å².